The molecule has 0 bridgehead atoms. The van der Waals surface area contributed by atoms with Gasteiger partial charge in [-0.2, -0.15) is 0 Å². The van der Waals surface area contributed by atoms with Crippen LogP contribution in [0.3, 0.4) is 0 Å². The van der Waals surface area contributed by atoms with Gasteiger partial charge in [0.2, 0.25) is 0 Å². The van der Waals surface area contributed by atoms with Crippen molar-refractivity contribution >= 4 is 5.69 Å². The lowest BCUT2D eigenvalue weighted by atomic mass is 10.0. The number of benzene rings is 2. The van der Waals surface area contributed by atoms with Gasteiger partial charge in [0.15, 0.2) is 0 Å². The fraction of sp³-hybridized carbons (Fsp3) is 0.333. The van der Waals surface area contributed by atoms with Crippen LogP contribution in [0.25, 0.3) is 0 Å². The van der Waals surface area contributed by atoms with E-state index in [1.807, 2.05) is 0 Å². The lowest BCUT2D eigenvalue weighted by Gasteiger charge is -2.13. The zero-order valence-corrected chi connectivity index (χ0v) is 12.9. The maximum absolute atomic E-state index is 3.52. The third kappa shape index (κ3) is 3.84. The third-order valence-corrected chi connectivity index (χ3v) is 3.63. The molecule has 0 aromatic heterocycles. The predicted molar refractivity (Wildman–Crippen MR) is 87.1 cm³/mol. The van der Waals surface area contributed by atoms with Crippen LogP contribution in [0.15, 0.2) is 42.5 Å². The second kappa shape index (κ2) is 6.58. The summed E-state index contributed by atoms with van der Waals surface area (Å²) in [5, 5.41) is 3.52. The van der Waals surface area contributed by atoms with Crippen molar-refractivity contribution in [1.29, 1.82) is 0 Å². The number of nitrogens with one attached hydrogen (secondary N) is 1. The van der Waals surface area contributed by atoms with Gasteiger partial charge in [0.1, 0.15) is 0 Å². The molecular weight excluding hydrogens is 244 g/mol. The third-order valence-electron chi connectivity index (χ3n) is 3.63. The van der Waals surface area contributed by atoms with Gasteiger partial charge in [0.25, 0.3) is 0 Å². The first-order chi connectivity index (χ1) is 9.56. The molecule has 2 aromatic rings. The molecular formula is C18H24N2. The topological polar surface area (TPSA) is 15.3 Å². The molecule has 20 heavy (non-hydrogen) atoms. The van der Waals surface area contributed by atoms with Crippen LogP contribution in [0.5, 0.6) is 0 Å². The van der Waals surface area contributed by atoms with Gasteiger partial charge in [-0.05, 0) is 62.3 Å². The van der Waals surface area contributed by atoms with Crippen LogP contribution in [0.1, 0.15) is 22.3 Å². The molecule has 0 aliphatic carbocycles. The predicted octanol–water partition coefficient (Wildman–Crippen LogP) is 3.98. The van der Waals surface area contributed by atoms with E-state index in [1.165, 1.54) is 27.9 Å². The highest BCUT2D eigenvalue weighted by Crippen LogP contribution is 2.16. The smallest absolute Gasteiger partial charge is 0.0403 e. The van der Waals surface area contributed by atoms with Crippen molar-refractivity contribution in [3.8, 4) is 0 Å². The van der Waals surface area contributed by atoms with Crippen molar-refractivity contribution in [2.45, 2.75) is 26.9 Å². The Hall–Kier alpha value is -1.80. The van der Waals surface area contributed by atoms with Crippen molar-refractivity contribution in [3.05, 3.63) is 64.7 Å². The van der Waals surface area contributed by atoms with Crippen molar-refractivity contribution < 1.29 is 0 Å². The van der Waals surface area contributed by atoms with E-state index in [-0.39, 0.29) is 0 Å². The van der Waals surface area contributed by atoms with Gasteiger partial charge in [0, 0.05) is 18.8 Å². The summed E-state index contributed by atoms with van der Waals surface area (Å²) in [5.74, 6) is 0. The first kappa shape index (κ1) is 14.6. The second-order valence-corrected chi connectivity index (χ2v) is 5.65. The highest BCUT2D eigenvalue weighted by atomic mass is 15.0. The van der Waals surface area contributed by atoms with E-state index in [1.54, 1.807) is 0 Å². The van der Waals surface area contributed by atoms with Crippen molar-refractivity contribution in [2.75, 3.05) is 19.4 Å². The summed E-state index contributed by atoms with van der Waals surface area (Å²) in [7, 11) is 4.19. The summed E-state index contributed by atoms with van der Waals surface area (Å²) < 4.78 is 0. The molecule has 0 amide bonds. The summed E-state index contributed by atoms with van der Waals surface area (Å²) in [6.07, 6.45) is 0. The highest BCUT2D eigenvalue weighted by Gasteiger charge is 2.01. The van der Waals surface area contributed by atoms with E-state index in [0.29, 0.717) is 0 Å². The highest BCUT2D eigenvalue weighted by molar-refractivity contribution is 5.47. The Bertz CT molecular complexity index is 573. The number of hydrogen-bond acceptors (Lipinski definition) is 2. The molecule has 0 atom stereocenters. The lowest BCUT2D eigenvalue weighted by Crippen LogP contribution is -2.11. The summed E-state index contributed by atoms with van der Waals surface area (Å²) >= 11 is 0. The van der Waals surface area contributed by atoms with E-state index in [2.05, 4.69) is 80.6 Å². The van der Waals surface area contributed by atoms with Crippen LogP contribution >= 0.6 is 0 Å². The Morgan fingerprint density at radius 1 is 1.00 bits per heavy atom. The molecule has 0 fully saturated rings. The molecule has 0 saturated heterocycles. The monoisotopic (exact) mass is 268 g/mol. The van der Waals surface area contributed by atoms with Crippen LogP contribution in [0.2, 0.25) is 0 Å². The maximum Gasteiger partial charge on any atom is 0.0403 e. The van der Waals surface area contributed by atoms with Gasteiger partial charge < -0.3 is 10.2 Å². The molecule has 0 saturated carbocycles. The Morgan fingerprint density at radius 3 is 2.50 bits per heavy atom. The van der Waals surface area contributed by atoms with Crippen molar-refractivity contribution in [3.63, 3.8) is 0 Å². The van der Waals surface area contributed by atoms with E-state index in [0.717, 1.165) is 13.1 Å². The molecule has 1 N–H and O–H groups in total. The van der Waals surface area contributed by atoms with Crippen molar-refractivity contribution in [1.82, 2.24) is 4.90 Å². The average molecular weight is 268 g/mol. The molecule has 2 nitrogen and oxygen atoms in total. The summed E-state index contributed by atoms with van der Waals surface area (Å²) in [5.41, 5.74) is 6.62. The van der Waals surface area contributed by atoms with Gasteiger partial charge in [-0.25, -0.2) is 0 Å². The molecule has 0 heterocycles. The Kier molecular flexibility index (Phi) is 4.80. The van der Waals surface area contributed by atoms with Gasteiger partial charge >= 0.3 is 0 Å². The first-order valence-corrected chi connectivity index (χ1v) is 7.09. The molecule has 2 aromatic carbocycles. The Morgan fingerprint density at radius 2 is 1.75 bits per heavy atom. The fourth-order valence-electron chi connectivity index (χ4n) is 2.35. The van der Waals surface area contributed by atoms with Gasteiger partial charge in [0.05, 0.1) is 0 Å². The fourth-order valence-corrected chi connectivity index (χ4v) is 2.35. The van der Waals surface area contributed by atoms with Crippen LogP contribution in [0.4, 0.5) is 5.69 Å². The Balaban J connectivity index is 2.05. The first-order valence-electron chi connectivity index (χ1n) is 7.09. The van der Waals surface area contributed by atoms with E-state index in [4.69, 9.17) is 0 Å². The zero-order valence-electron chi connectivity index (χ0n) is 12.9. The lowest BCUT2D eigenvalue weighted by molar-refractivity contribution is 0.402. The Labute approximate surface area is 122 Å². The van der Waals surface area contributed by atoms with Gasteiger partial charge in [-0.1, -0.05) is 30.3 Å². The second-order valence-electron chi connectivity index (χ2n) is 5.65. The quantitative estimate of drug-likeness (QED) is 0.882. The van der Waals surface area contributed by atoms with Crippen molar-refractivity contribution in [2.24, 2.45) is 0 Å². The molecule has 0 aliphatic rings. The number of rotatable bonds is 5. The summed E-state index contributed by atoms with van der Waals surface area (Å²) in [6.45, 7) is 6.20. The maximum atomic E-state index is 3.52. The minimum atomic E-state index is 0.874. The molecule has 106 valence electrons. The standard InChI is InChI=1S/C18H24N2/c1-14-7-5-9-17(15(14)2)12-19-18-10-6-8-16(11-18)13-20(3)4/h5-11,19H,12-13H2,1-4H3. The van der Waals surface area contributed by atoms with Crippen LogP contribution < -0.4 is 5.32 Å². The van der Waals surface area contributed by atoms with Gasteiger partial charge in [-0.15, -0.1) is 0 Å². The molecule has 0 aliphatic heterocycles. The van der Waals surface area contributed by atoms with E-state index in [9.17, 15) is 0 Å². The summed E-state index contributed by atoms with van der Waals surface area (Å²) in [4.78, 5) is 2.18. The normalized spacial score (nSPS) is 10.8. The number of aryl methyl sites for hydroxylation is 1. The molecule has 2 heteroatoms. The molecule has 2 rings (SSSR count). The van der Waals surface area contributed by atoms with Crippen LogP contribution in [0, 0.1) is 13.8 Å². The number of nitrogens with zero attached hydrogens (tertiary/aromatic N) is 1. The van der Waals surface area contributed by atoms with Crippen LogP contribution in [-0.2, 0) is 13.1 Å². The van der Waals surface area contributed by atoms with Gasteiger partial charge in [-0.3, -0.25) is 0 Å². The number of anilines is 1. The SMILES string of the molecule is Cc1cccc(CNc2cccc(CN(C)C)c2)c1C. The largest absolute Gasteiger partial charge is 0.381 e. The molecule has 0 radical (unpaired) electrons. The average Bonchev–Trinajstić information content (AvgIpc) is 2.40. The number of hydrogen-bond donors (Lipinski definition) is 1. The zero-order chi connectivity index (χ0) is 14.5. The minimum Gasteiger partial charge on any atom is -0.381 e. The molecule has 0 unspecified atom stereocenters. The van der Waals surface area contributed by atoms with E-state index >= 15 is 0 Å². The summed E-state index contributed by atoms with van der Waals surface area (Å²) in [6, 6.07) is 15.1. The van der Waals surface area contributed by atoms with E-state index < -0.39 is 0 Å². The minimum absolute atomic E-state index is 0.874. The molecule has 0 spiro atoms. The van der Waals surface area contributed by atoms with Crippen LogP contribution in [-0.4, -0.2) is 19.0 Å².